The average molecular weight is 345 g/mol. The van der Waals surface area contributed by atoms with Gasteiger partial charge < -0.3 is 9.80 Å². The number of fused-ring (bicyclic) bond motifs is 1. The highest BCUT2D eigenvalue weighted by atomic mass is 32.1. The Morgan fingerprint density at radius 1 is 1.29 bits per heavy atom. The first-order valence-electron chi connectivity index (χ1n) is 8.57. The first-order chi connectivity index (χ1) is 11.6. The van der Waals surface area contributed by atoms with Crippen molar-refractivity contribution >= 4 is 33.4 Å². The van der Waals surface area contributed by atoms with Crippen molar-refractivity contribution in [2.24, 2.45) is 5.92 Å². The second-order valence-electron chi connectivity index (χ2n) is 6.09. The van der Waals surface area contributed by atoms with E-state index in [0.717, 1.165) is 36.1 Å². The standard InChI is InChI=1S/C18H23N3O2S/c1-3-20(4-2)17(22)13-8-7-11-21(12-13)18(23)16-19-14-9-5-6-10-15(14)24-16/h5-6,9-10,13H,3-4,7-8,11-12H2,1-2H3/t13-/m0/s1. The van der Waals surface area contributed by atoms with E-state index in [2.05, 4.69) is 4.98 Å². The summed E-state index contributed by atoms with van der Waals surface area (Å²) in [4.78, 5) is 33.5. The van der Waals surface area contributed by atoms with Crippen LogP contribution in [0.15, 0.2) is 24.3 Å². The first-order valence-corrected chi connectivity index (χ1v) is 9.39. The normalized spacial score (nSPS) is 17.9. The highest BCUT2D eigenvalue weighted by Gasteiger charge is 2.31. The zero-order valence-corrected chi connectivity index (χ0v) is 15.0. The van der Waals surface area contributed by atoms with E-state index in [1.54, 1.807) is 4.90 Å². The Morgan fingerprint density at radius 2 is 2.04 bits per heavy atom. The van der Waals surface area contributed by atoms with Crippen molar-refractivity contribution in [2.45, 2.75) is 26.7 Å². The number of benzene rings is 1. The Morgan fingerprint density at radius 3 is 2.75 bits per heavy atom. The molecule has 6 heteroatoms. The summed E-state index contributed by atoms with van der Waals surface area (Å²) in [6.45, 7) is 6.64. The summed E-state index contributed by atoms with van der Waals surface area (Å²) in [5.41, 5.74) is 0.860. The third kappa shape index (κ3) is 3.29. The summed E-state index contributed by atoms with van der Waals surface area (Å²) in [6.07, 6.45) is 1.73. The van der Waals surface area contributed by atoms with Crippen LogP contribution in [-0.2, 0) is 4.79 Å². The molecule has 1 fully saturated rings. The molecule has 0 unspecified atom stereocenters. The molecule has 5 nitrogen and oxygen atoms in total. The molecule has 3 rings (SSSR count). The Balaban J connectivity index is 1.74. The van der Waals surface area contributed by atoms with Gasteiger partial charge in [-0.15, -0.1) is 11.3 Å². The molecule has 0 spiro atoms. The predicted octanol–water partition coefficient (Wildman–Crippen LogP) is 3.02. The summed E-state index contributed by atoms with van der Waals surface area (Å²) in [5.74, 6) is 0.0343. The number of rotatable bonds is 4. The largest absolute Gasteiger partial charge is 0.343 e. The van der Waals surface area contributed by atoms with Crippen LogP contribution in [0.5, 0.6) is 0 Å². The van der Waals surface area contributed by atoms with Gasteiger partial charge in [0.25, 0.3) is 5.91 Å². The highest BCUT2D eigenvalue weighted by Crippen LogP contribution is 2.25. The van der Waals surface area contributed by atoms with Gasteiger partial charge in [0.2, 0.25) is 5.91 Å². The Labute approximate surface area is 146 Å². The van der Waals surface area contributed by atoms with Gasteiger partial charge in [-0.05, 0) is 38.8 Å². The van der Waals surface area contributed by atoms with Gasteiger partial charge in [0.1, 0.15) is 0 Å². The maximum atomic E-state index is 12.8. The van der Waals surface area contributed by atoms with Crippen LogP contribution in [0, 0.1) is 5.92 Å². The minimum Gasteiger partial charge on any atom is -0.343 e. The zero-order valence-electron chi connectivity index (χ0n) is 14.2. The minimum atomic E-state index is -0.0861. The van der Waals surface area contributed by atoms with Crippen LogP contribution in [0.3, 0.4) is 0 Å². The van der Waals surface area contributed by atoms with E-state index in [-0.39, 0.29) is 17.7 Å². The molecular weight excluding hydrogens is 322 g/mol. The lowest BCUT2D eigenvalue weighted by molar-refractivity contribution is -0.136. The van der Waals surface area contributed by atoms with E-state index in [1.165, 1.54) is 11.3 Å². The fourth-order valence-electron chi connectivity index (χ4n) is 3.26. The van der Waals surface area contributed by atoms with Crippen LogP contribution in [0.2, 0.25) is 0 Å². The molecule has 0 N–H and O–H groups in total. The van der Waals surface area contributed by atoms with Crippen LogP contribution < -0.4 is 0 Å². The van der Waals surface area contributed by atoms with Crippen molar-refractivity contribution in [3.05, 3.63) is 29.3 Å². The maximum Gasteiger partial charge on any atom is 0.282 e. The maximum absolute atomic E-state index is 12.8. The van der Waals surface area contributed by atoms with E-state index in [9.17, 15) is 9.59 Å². The summed E-state index contributed by atoms with van der Waals surface area (Å²) < 4.78 is 1.02. The number of nitrogens with zero attached hydrogens (tertiary/aromatic N) is 3. The van der Waals surface area contributed by atoms with E-state index in [1.807, 2.05) is 43.0 Å². The SMILES string of the molecule is CCN(CC)C(=O)[C@H]1CCCN(C(=O)c2nc3ccccc3s2)C1. The molecule has 0 aliphatic carbocycles. The van der Waals surface area contributed by atoms with Gasteiger partial charge in [-0.25, -0.2) is 4.98 Å². The van der Waals surface area contributed by atoms with E-state index in [4.69, 9.17) is 0 Å². The van der Waals surface area contributed by atoms with Gasteiger partial charge in [-0.3, -0.25) is 9.59 Å². The van der Waals surface area contributed by atoms with Crippen molar-refractivity contribution in [1.29, 1.82) is 0 Å². The molecule has 2 aromatic rings. The number of carbonyl (C=O) groups is 2. The lowest BCUT2D eigenvalue weighted by Gasteiger charge is -2.34. The lowest BCUT2D eigenvalue weighted by Crippen LogP contribution is -2.46. The molecule has 0 bridgehead atoms. The zero-order chi connectivity index (χ0) is 17.1. The molecule has 1 aromatic heterocycles. The number of thiazole rings is 1. The number of carbonyl (C=O) groups excluding carboxylic acids is 2. The molecule has 2 amide bonds. The summed E-state index contributed by atoms with van der Waals surface area (Å²) >= 11 is 1.43. The molecule has 0 radical (unpaired) electrons. The fourth-order valence-corrected chi connectivity index (χ4v) is 4.19. The predicted molar refractivity (Wildman–Crippen MR) is 96.2 cm³/mol. The molecule has 2 heterocycles. The topological polar surface area (TPSA) is 53.5 Å². The van der Waals surface area contributed by atoms with Crippen LogP contribution in [0.1, 0.15) is 36.5 Å². The summed E-state index contributed by atoms with van der Waals surface area (Å²) in [7, 11) is 0. The quantitative estimate of drug-likeness (QED) is 0.856. The number of amides is 2. The van der Waals surface area contributed by atoms with Crippen molar-refractivity contribution in [1.82, 2.24) is 14.8 Å². The van der Waals surface area contributed by atoms with Crippen molar-refractivity contribution in [3.8, 4) is 0 Å². The first kappa shape index (κ1) is 16.9. The number of hydrogen-bond acceptors (Lipinski definition) is 4. The van der Waals surface area contributed by atoms with E-state index >= 15 is 0 Å². The van der Waals surface area contributed by atoms with Crippen LogP contribution >= 0.6 is 11.3 Å². The van der Waals surface area contributed by atoms with Gasteiger partial charge in [-0.2, -0.15) is 0 Å². The number of piperidine rings is 1. The molecule has 24 heavy (non-hydrogen) atoms. The molecule has 1 atom stereocenters. The molecule has 1 aromatic carbocycles. The van der Waals surface area contributed by atoms with Crippen molar-refractivity contribution < 1.29 is 9.59 Å². The van der Waals surface area contributed by atoms with Crippen molar-refractivity contribution in [2.75, 3.05) is 26.2 Å². The number of aromatic nitrogens is 1. The fraction of sp³-hybridized carbons (Fsp3) is 0.500. The van der Waals surface area contributed by atoms with Crippen LogP contribution in [-0.4, -0.2) is 52.8 Å². The molecule has 1 aliphatic rings. The van der Waals surface area contributed by atoms with Gasteiger partial charge in [-0.1, -0.05) is 12.1 Å². The molecule has 0 saturated carbocycles. The van der Waals surface area contributed by atoms with Gasteiger partial charge in [0, 0.05) is 26.2 Å². The molecule has 1 saturated heterocycles. The minimum absolute atomic E-state index is 0.0479. The van der Waals surface area contributed by atoms with Crippen LogP contribution in [0.25, 0.3) is 10.2 Å². The second kappa shape index (κ2) is 7.30. The highest BCUT2D eigenvalue weighted by molar-refractivity contribution is 7.20. The molecular formula is C18H23N3O2S. The summed E-state index contributed by atoms with van der Waals surface area (Å²) in [5, 5.41) is 0.520. The summed E-state index contributed by atoms with van der Waals surface area (Å²) in [6, 6.07) is 7.78. The number of hydrogen-bond donors (Lipinski definition) is 0. The van der Waals surface area contributed by atoms with Gasteiger partial charge in [0.05, 0.1) is 16.1 Å². The molecule has 128 valence electrons. The third-order valence-electron chi connectivity index (χ3n) is 4.61. The third-order valence-corrected chi connectivity index (χ3v) is 5.63. The Bertz CT molecular complexity index is 706. The smallest absolute Gasteiger partial charge is 0.282 e. The van der Waals surface area contributed by atoms with Crippen molar-refractivity contribution in [3.63, 3.8) is 0 Å². The lowest BCUT2D eigenvalue weighted by atomic mass is 9.96. The van der Waals surface area contributed by atoms with Gasteiger partial charge in [0.15, 0.2) is 5.01 Å². The van der Waals surface area contributed by atoms with Gasteiger partial charge >= 0.3 is 0 Å². The monoisotopic (exact) mass is 345 g/mol. The Hall–Kier alpha value is -1.95. The average Bonchev–Trinajstić information content (AvgIpc) is 3.06. The number of para-hydroxylation sites is 1. The van der Waals surface area contributed by atoms with E-state index < -0.39 is 0 Å². The Kier molecular flexibility index (Phi) is 5.14. The van der Waals surface area contributed by atoms with Crippen LogP contribution in [0.4, 0.5) is 0 Å². The second-order valence-corrected chi connectivity index (χ2v) is 7.12. The molecule has 1 aliphatic heterocycles. The number of likely N-dealkylation sites (tertiary alicyclic amines) is 1. The van der Waals surface area contributed by atoms with E-state index in [0.29, 0.717) is 18.1 Å².